The molecule has 0 aliphatic carbocycles. The van der Waals surface area contributed by atoms with Crippen LogP contribution in [0.25, 0.3) is 0 Å². The Balaban J connectivity index is -0.000000174. The van der Waals surface area contributed by atoms with Crippen LogP contribution in [0.2, 0.25) is 0 Å². The van der Waals surface area contributed by atoms with Crippen LogP contribution in [0.4, 0.5) is 0 Å². The van der Waals surface area contributed by atoms with Gasteiger partial charge in [-0.05, 0) is 12.8 Å². The van der Waals surface area contributed by atoms with E-state index in [0.29, 0.717) is 6.10 Å². The van der Waals surface area contributed by atoms with Crippen molar-refractivity contribution in [2.24, 2.45) is 0 Å². The lowest BCUT2D eigenvalue weighted by Crippen LogP contribution is -2.11. The summed E-state index contributed by atoms with van der Waals surface area (Å²) >= 11 is 0. The zero-order valence-electron chi connectivity index (χ0n) is 11.2. The minimum atomic E-state index is 0.389. The SMILES string of the molecule is CC.CC.CC.COCC1CCCO1. The first-order chi connectivity index (χ1) is 6.93. The van der Waals surface area contributed by atoms with Gasteiger partial charge in [0.25, 0.3) is 0 Å². The van der Waals surface area contributed by atoms with E-state index in [1.54, 1.807) is 7.11 Å². The van der Waals surface area contributed by atoms with Gasteiger partial charge in [-0.25, -0.2) is 0 Å². The molecule has 1 heterocycles. The predicted molar refractivity (Wildman–Crippen MR) is 64.9 cm³/mol. The van der Waals surface area contributed by atoms with E-state index in [1.807, 2.05) is 41.5 Å². The Morgan fingerprint density at radius 2 is 1.57 bits per heavy atom. The molecular weight excluding hydrogens is 176 g/mol. The van der Waals surface area contributed by atoms with Gasteiger partial charge in [0.05, 0.1) is 12.7 Å². The van der Waals surface area contributed by atoms with Crippen molar-refractivity contribution in [2.45, 2.75) is 60.5 Å². The second-order valence-electron chi connectivity index (χ2n) is 2.09. The Kier molecular flexibility index (Phi) is 32.1. The van der Waals surface area contributed by atoms with Crippen molar-refractivity contribution in [3.63, 3.8) is 0 Å². The molecule has 1 aliphatic heterocycles. The summed E-state index contributed by atoms with van der Waals surface area (Å²) in [5, 5.41) is 0. The fraction of sp³-hybridized carbons (Fsp3) is 1.00. The molecule has 0 radical (unpaired) electrons. The highest BCUT2D eigenvalue weighted by Gasteiger charge is 2.13. The molecule has 14 heavy (non-hydrogen) atoms. The lowest BCUT2D eigenvalue weighted by Gasteiger charge is -2.05. The molecule has 1 fully saturated rings. The number of hydrogen-bond donors (Lipinski definition) is 0. The molecule has 0 spiro atoms. The van der Waals surface area contributed by atoms with Crippen LogP contribution < -0.4 is 0 Å². The minimum absolute atomic E-state index is 0.389. The van der Waals surface area contributed by atoms with Crippen LogP contribution in [0, 0.1) is 0 Å². The summed E-state index contributed by atoms with van der Waals surface area (Å²) in [5.74, 6) is 0. The van der Waals surface area contributed by atoms with Crippen molar-refractivity contribution < 1.29 is 9.47 Å². The molecule has 1 aliphatic rings. The van der Waals surface area contributed by atoms with Crippen molar-refractivity contribution in [2.75, 3.05) is 20.3 Å². The highest BCUT2D eigenvalue weighted by molar-refractivity contribution is 4.62. The first kappa shape index (κ1) is 19.5. The van der Waals surface area contributed by atoms with Gasteiger partial charge < -0.3 is 9.47 Å². The first-order valence-electron chi connectivity index (χ1n) is 6.04. The molecule has 0 bridgehead atoms. The van der Waals surface area contributed by atoms with E-state index in [2.05, 4.69) is 0 Å². The van der Waals surface area contributed by atoms with Gasteiger partial charge in [0.1, 0.15) is 0 Å². The second kappa shape index (κ2) is 23.1. The molecule has 0 aromatic heterocycles. The summed E-state index contributed by atoms with van der Waals surface area (Å²) in [6.07, 6.45) is 2.77. The van der Waals surface area contributed by atoms with Gasteiger partial charge in [-0.3, -0.25) is 0 Å². The molecule has 1 unspecified atom stereocenters. The molecule has 90 valence electrons. The van der Waals surface area contributed by atoms with Crippen LogP contribution in [0.1, 0.15) is 54.4 Å². The maximum atomic E-state index is 5.27. The summed E-state index contributed by atoms with van der Waals surface area (Å²) in [6.45, 7) is 13.7. The summed E-state index contributed by atoms with van der Waals surface area (Å²) in [6, 6.07) is 0. The average molecular weight is 206 g/mol. The highest BCUT2D eigenvalue weighted by Crippen LogP contribution is 2.10. The van der Waals surface area contributed by atoms with Crippen LogP contribution >= 0.6 is 0 Å². The molecule has 2 heteroatoms. The molecule has 0 aromatic rings. The van der Waals surface area contributed by atoms with Crippen molar-refractivity contribution in [3.05, 3.63) is 0 Å². The zero-order valence-corrected chi connectivity index (χ0v) is 11.2. The third kappa shape index (κ3) is 14.4. The van der Waals surface area contributed by atoms with E-state index >= 15 is 0 Å². The lowest BCUT2D eigenvalue weighted by molar-refractivity contribution is 0.0380. The Hall–Kier alpha value is -0.0800. The Bertz CT molecular complexity index is 59.3. The van der Waals surface area contributed by atoms with Gasteiger partial charge in [-0.15, -0.1) is 0 Å². The Morgan fingerprint density at radius 1 is 1.07 bits per heavy atom. The third-order valence-electron chi connectivity index (χ3n) is 1.38. The number of ether oxygens (including phenoxy) is 2. The minimum Gasteiger partial charge on any atom is -0.382 e. The van der Waals surface area contributed by atoms with E-state index < -0.39 is 0 Å². The van der Waals surface area contributed by atoms with E-state index in [1.165, 1.54) is 12.8 Å². The third-order valence-corrected chi connectivity index (χ3v) is 1.38. The van der Waals surface area contributed by atoms with Crippen LogP contribution in [0.5, 0.6) is 0 Å². The van der Waals surface area contributed by atoms with E-state index in [4.69, 9.17) is 9.47 Å². The van der Waals surface area contributed by atoms with Crippen molar-refractivity contribution in [3.8, 4) is 0 Å². The summed E-state index contributed by atoms with van der Waals surface area (Å²) in [7, 11) is 1.71. The first-order valence-corrected chi connectivity index (χ1v) is 6.04. The molecule has 0 saturated carbocycles. The van der Waals surface area contributed by atoms with Crippen LogP contribution in [0.15, 0.2) is 0 Å². The van der Waals surface area contributed by atoms with Gasteiger partial charge >= 0.3 is 0 Å². The molecule has 1 saturated heterocycles. The molecule has 1 rings (SSSR count). The Labute approximate surface area is 91.0 Å². The normalized spacial score (nSPS) is 17.8. The summed E-state index contributed by atoms with van der Waals surface area (Å²) in [4.78, 5) is 0. The fourth-order valence-electron chi connectivity index (χ4n) is 0.962. The largest absolute Gasteiger partial charge is 0.382 e. The number of methoxy groups -OCH3 is 1. The number of hydrogen-bond acceptors (Lipinski definition) is 2. The van der Waals surface area contributed by atoms with Crippen molar-refractivity contribution in [1.29, 1.82) is 0 Å². The maximum absolute atomic E-state index is 5.27. The quantitative estimate of drug-likeness (QED) is 0.682. The Morgan fingerprint density at radius 3 is 1.86 bits per heavy atom. The summed E-state index contributed by atoms with van der Waals surface area (Å²) in [5.41, 5.74) is 0. The molecular formula is C12H30O2. The van der Waals surface area contributed by atoms with E-state index in [-0.39, 0.29) is 0 Å². The van der Waals surface area contributed by atoms with Gasteiger partial charge in [0, 0.05) is 13.7 Å². The predicted octanol–water partition coefficient (Wildman–Crippen LogP) is 3.89. The number of rotatable bonds is 2. The van der Waals surface area contributed by atoms with Crippen LogP contribution in [-0.2, 0) is 9.47 Å². The molecule has 0 N–H and O–H groups in total. The lowest BCUT2D eigenvalue weighted by atomic mass is 10.2. The van der Waals surface area contributed by atoms with Crippen molar-refractivity contribution in [1.82, 2.24) is 0 Å². The molecule has 2 nitrogen and oxygen atoms in total. The van der Waals surface area contributed by atoms with Gasteiger partial charge in [-0.2, -0.15) is 0 Å². The van der Waals surface area contributed by atoms with Crippen LogP contribution in [-0.4, -0.2) is 26.4 Å². The zero-order chi connectivity index (χ0) is 11.8. The highest BCUT2D eigenvalue weighted by atomic mass is 16.5. The average Bonchev–Trinajstić information content (AvgIpc) is 2.80. The maximum Gasteiger partial charge on any atom is 0.0809 e. The fourth-order valence-corrected chi connectivity index (χ4v) is 0.962. The monoisotopic (exact) mass is 206 g/mol. The van der Waals surface area contributed by atoms with Crippen molar-refractivity contribution >= 4 is 0 Å². The standard InChI is InChI=1S/C6H12O2.3C2H6/c1-7-5-6-3-2-4-8-6;3*1-2/h6H,2-5H2,1H3;3*1-2H3. The van der Waals surface area contributed by atoms with Crippen LogP contribution in [0.3, 0.4) is 0 Å². The topological polar surface area (TPSA) is 18.5 Å². The molecule has 0 amide bonds. The molecule has 0 aromatic carbocycles. The van der Waals surface area contributed by atoms with Gasteiger partial charge in [0.15, 0.2) is 0 Å². The smallest absolute Gasteiger partial charge is 0.0809 e. The van der Waals surface area contributed by atoms with E-state index in [9.17, 15) is 0 Å². The molecule has 1 atom stereocenters. The van der Waals surface area contributed by atoms with E-state index in [0.717, 1.165) is 13.2 Å². The second-order valence-corrected chi connectivity index (χ2v) is 2.09. The van der Waals surface area contributed by atoms with Gasteiger partial charge in [0.2, 0.25) is 0 Å². The van der Waals surface area contributed by atoms with Gasteiger partial charge in [-0.1, -0.05) is 41.5 Å². The summed E-state index contributed by atoms with van der Waals surface area (Å²) < 4.78 is 10.2.